The highest BCUT2D eigenvalue weighted by molar-refractivity contribution is 6.31. The first kappa shape index (κ1) is 17.2. The normalized spacial score (nSPS) is 11.5. The number of rotatable bonds is 4. The quantitative estimate of drug-likeness (QED) is 0.692. The largest absolute Gasteiger partial charge is 0.467 e. The molecular formula is C17H11ClF3NO3. The number of nitrogens with one attached hydrogen (secondary N) is 1. The van der Waals surface area contributed by atoms with Crippen LogP contribution in [0.25, 0.3) is 11.3 Å². The molecule has 1 N–H and O–H groups in total. The lowest BCUT2D eigenvalue weighted by atomic mass is 10.1. The smallest absolute Gasteiger partial charge is 0.417 e. The van der Waals surface area contributed by atoms with E-state index in [1.165, 1.54) is 24.5 Å². The number of alkyl halides is 3. The van der Waals surface area contributed by atoms with Crippen molar-refractivity contribution in [3.8, 4) is 11.3 Å². The van der Waals surface area contributed by atoms with Gasteiger partial charge >= 0.3 is 6.18 Å². The van der Waals surface area contributed by atoms with E-state index in [9.17, 15) is 18.0 Å². The first-order chi connectivity index (χ1) is 11.8. The fraction of sp³-hybridized carbons (Fsp3) is 0.118. The van der Waals surface area contributed by atoms with Crippen LogP contribution in [0.3, 0.4) is 0 Å². The predicted molar refractivity (Wildman–Crippen MR) is 84.0 cm³/mol. The van der Waals surface area contributed by atoms with Gasteiger partial charge in [0.15, 0.2) is 5.76 Å². The fourth-order valence-corrected chi connectivity index (χ4v) is 2.40. The van der Waals surface area contributed by atoms with Crippen LogP contribution in [0.15, 0.2) is 57.6 Å². The van der Waals surface area contributed by atoms with E-state index < -0.39 is 22.7 Å². The van der Waals surface area contributed by atoms with Crippen LogP contribution < -0.4 is 5.32 Å². The Balaban J connectivity index is 1.78. The number of halogens is 4. The number of amides is 1. The number of furan rings is 2. The summed E-state index contributed by atoms with van der Waals surface area (Å²) < 4.78 is 49.2. The van der Waals surface area contributed by atoms with Gasteiger partial charge in [-0.15, -0.1) is 0 Å². The lowest BCUT2D eigenvalue weighted by Gasteiger charge is -2.09. The van der Waals surface area contributed by atoms with E-state index in [-0.39, 0.29) is 23.6 Å². The number of carbonyl (C=O) groups is 1. The maximum atomic E-state index is 12.9. The van der Waals surface area contributed by atoms with Gasteiger partial charge in [0.25, 0.3) is 5.91 Å². The molecule has 0 aliphatic carbocycles. The molecule has 0 spiro atoms. The van der Waals surface area contributed by atoms with E-state index in [1.54, 1.807) is 12.1 Å². The lowest BCUT2D eigenvalue weighted by Crippen LogP contribution is -2.21. The third-order valence-corrected chi connectivity index (χ3v) is 3.72. The van der Waals surface area contributed by atoms with Crippen LogP contribution in [0, 0.1) is 0 Å². The molecule has 0 saturated heterocycles. The minimum atomic E-state index is -4.58. The molecule has 0 unspecified atom stereocenters. The van der Waals surface area contributed by atoms with Crippen molar-refractivity contribution in [3.63, 3.8) is 0 Å². The van der Waals surface area contributed by atoms with Gasteiger partial charge in [-0.1, -0.05) is 11.6 Å². The van der Waals surface area contributed by atoms with Gasteiger partial charge in [-0.25, -0.2) is 0 Å². The SMILES string of the molecule is O=C(NCc1ccco1)c1ccc(-c2ccc(Cl)c(C(F)(F)F)c2)o1. The highest BCUT2D eigenvalue weighted by atomic mass is 35.5. The summed E-state index contributed by atoms with van der Waals surface area (Å²) in [6.45, 7) is 0.168. The Labute approximate surface area is 145 Å². The third kappa shape index (κ3) is 3.88. The molecule has 25 heavy (non-hydrogen) atoms. The molecule has 0 fully saturated rings. The molecule has 3 rings (SSSR count). The standard InChI is InChI=1S/C17H11ClF3NO3/c18-13-4-3-10(8-12(13)17(19,20)21)14-5-6-15(25-14)16(23)22-9-11-2-1-7-24-11/h1-8H,9H2,(H,22,23). The molecule has 0 saturated carbocycles. The van der Waals surface area contributed by atoms with Crippen molar-refractivity contribution in [2.75, 3.05) is 0 Å². The first-order valence-corrected chi connectivity index (χ1v) is 7.50. The molecular weight excluding hydrogens is 359 g/mol. The van der Waals surface area contributed by atoms with Gasteiger partial charge in [0, 0.05) is 5.56 Å². The molecule has 8 heteroatoms. The van der Waals surface area contributed by atoms with Gasteiger partial charge < -0.3 is 14.2 Å². The Morgan fingerprint density at radius 3 is 2.64 bits per heavy atom. The van der Waals surface area contributed by atoms with Crippen LogP contribution in [0.1, 0.15) is 21.9 Å². The molecule has 3 aromatic rings. The average molecular weight is 370 g/mol. The minimum Gasteiger partial charge on any atom is -0.467 e. The third-order valence-electron chi connectivity index (χ3n) is 3.39. The van der Waals surface area contributed by atoms with E-state index in [1.807, 2.05) is 0 Å². The van der Waals surface area contributed by atoms with Crippen LogP contribution in [-0.4, -0.2) is 5.91 Å². The minimum absolute atomic E-state index is 0.0231. The van der Waals surface area contributed by atoms with E-state index in [0.29, 0.717) is 5.76 Å². The zero-order valence-electron chi connectivity index (χ0n) is 12.6. The summed E-state index contributed by atoms with van der Waals surface area (Å²) in [5, 5.41) is 2.18. The Hall–Kier alpha value is -2.67. The molecule has 0 atom stereocenters. The van der Waals surface area contributed by atoms with E-state index >= 15 is 0 Å². The lowest BCUT2D eigenvalue weighted by molar-refractivity contribution is -0.137. The molecule has 2 heterocycles. The summed E-state index contributed by atoms with van der Waals surface area (Å²) >= 11 is 5.59. The summed E-state index contributed by atoms with van der Waals surface area (Å²) in [6, 6.07) is 9.59. The zero-order valence-corrected chi connectivity index (χ0v) is 13.3. The van der Waals surface area contributed by atoms with E-state index in [4.69, 9.17) is 20.4 Å². The maximum absolute atomic E-state index is 12.9. The van der Waals surface area contributed by atoms with Crippen LogP contribution in [0.5, 0.6) is 0 Å². The van der Waals surface area contributed by atoms with Gasteiger partial charge in [0.05, 0.1) is 23.4 Å². The summed E-state index contributed by atoms with van der Waals surface area (Å²) in [5.74, 6) is 0.163. The van der Waals surface area contributed by atoms with Gasteiger partial charge in [-0.3, -0.25) is 4.79 Å². The number of benzene rings is 1. The fourth-order valence-electron chi connectivity index (χ4n) is 2.18. The second-order valence-electron chi connectivity index (χ2n) is 5.12. The molecule has 4 nitrogen and oxygen atoms in total. The van der Waals surface area contributed by atoms with Gasteiger partial charge in [0.2, 0.25) is 0 Å². The number of hydrogen-bond donors (Lipinski definition) is 1. The Morgan fingerprint density at radius 1 is 1.16 bits per heavy atom. The van der Waals surface area contributed by atoms with Crippen LogP contribution in [0.2, 0.25) is 5.02 Å². The number of carbonyl (C=O) groups excluding carboxylic acids is 1. The van der Waals surface area contributed by atoms with Crippen molar-refractivity contribution in [2.45, 2.75) is 12.7 Å². The maximum Gasteiger partial charge on any atom is 0.417 e. The Kier molecular flexibility index (Phi) is 4.59. The predicted octanol–water partition coefficient (Wildman–Crippen LogP) is 5.14. The Bertz CT molecular complexity index is 885. The molecule has 0 radical (unpaired) electrons. The van der Waals surface area contributed by atoms with Crippen LogP contribution in [0.4, 0.5) is 13.2 Å². The molecule has 1 amide bonds. The van der Waals surface area contributed by atoms with Crippen molar-refractivity contribution < 1.29 is 26.8 Å². The molecule has 0 bridgehead atoms. The second-order valence-corrected chi connectivity index (χ2v) is 5.53. The monoisotopic (exact) mass is 369 g/mol. The van der Waals surface area contributed by atoms with E-state index in [0.717, 1.165) is 12.1 Å². The average Bonchev–Trinajstić information content (AvgIpc) is 3.23. The molecule has 0 aliphatic rings. The number of hydrogen-bond acceptors (Lipinski definition) is 3. The van der Waals surface area contributed by atoms with Crippen molar-refractivity contribution in [1.82, 2.24) is 5.32 Å². The van der Waals surface area contributed by atoms with Crippen molar-refractivity contribution in [3.05, 3.63) is 70.8 Å². The van der Waals surface area contributed by atoms with Gasteiger partial charge in [-0.2, -0.15) is 13.2 Å². The molecule has 2 aromatic heterocycles. The molecule has 1 aromatic carbocycles. The highest BCUT2D eigenvalue weighted by Crippen LogP contribution is 2.37. The molecule has 0 aliphatic heterocycles. The van der Waals surface area contributed by atoms with Gasteiger partial charge in [0.1, 0.15) is 11.5 Å². The Morgan fingerprint density at radius 2 is 1.96 bits per heavy atom. The van der Waals surface area contributed by atoms with Gasteiger partial charge in [-0.05, 0) is 42.5 Å². The summed E-state index contributed by atoms with van der Waals surface area (Å²) in [6.07, 6.45) is -3.10. The summed E-state index contributed by atoms with van der Waals surface area (Å²) in [4.78, 5) is 12.0. The van der Waals surface area contributed by atoms with Crippen LogP contribution >= 0.6 is 11.6 Å². The second kappa shape index (κ2) is 6.68. The van der Waals surface area contributed by atoms with Crippen molar-refractivity contribution in [2.24, 2.45) is 0 Å². The van der Waals surface area contributed by atoms with Crippen molar-refractivity contribution in [1.29, 1.82) is 0 Å². The van der Waals surface area contributed by atoms with E-state index in [2.05, 4.69) is 5.32 Å². The highest BCUT2D eigenvalue weighted by Gasteiger charge is 2.33. The first-order valence-electron chi connectivity index (χ1n) is 7.12. The summed E-state index contributed by atoms with van der Waals surface area (Å²) in [7, 11) is 0. The van der Waals surface area contributed by atoms with Crippen molar-refractivity contribution >= 4 is 17.5 Å². The topological polar surface area (TPSA) is 55.4 Å². The summed E-state index contributed by atoms with van der Waals surface area (Å²) in [5.41, 5.74) is -0.798. The zero-order chi connectivity index (χ0) is 18.0. The molecule has 130 valence electrons. The van der Waals surface area contributed by atoms with Crippen LogP contribution in [-0.2, 0) is 12.7 Å².